The second-order valence-electron chi connectivity index (χ2n) is 6.94. The van der Waals surface area contributed by atoms with Crippen molar-refractivity contribution in [2.24, 2.45) is 0 Å². The first kappa shape index (κ1) is 20.6. The number of aliphatic hydroxyl groups excluding tert-OH is 1. The first-order chi connectivity index (χ1) is 13.5. The normalized spacial score (nSPS) is 16.9. The number of nitrogens with one attached hydrogen (secondary N) is 1. The third-order valence-corrected chi connectivity index (χ3v) is 5.14. The number of carbonyl (C=O) groups is 1. The summed E-state index contributed by atoms with van der Waals surface area (Å²) in [7, 11) is 0. The summed E-state index contributed by atoms with van der Waals surface area (Å²) in [6, 6.07) is 13.5. The Hall–Kier alpha value is -2.08. The lowest BCUT2D eigenvalue weighted by atomic mass is 9.88. The maximum atomic E-state index is 11.5. The van der Waals surface area contributed by atoms with Crippen molar-refractivity contribution >= 4 is 17.6 Å². The summed E-state index contributed by atoms with van der Waals surface area (Å²) in [5.74, 6) is 0.307. The quantitative estimate of drug-likeness (QED) is 0.660. The summed E-state index contributed by atoms with van der Waals surface area (Å²) in [5.41, 5.74) is 3.32. The number of fused-ring (bicyclic) bond motifs is 1. The third-order valence-electron chi connectivity index (χ3n) is 4.90. The van der Waals surface area contributed by atoms with E-state index in [1.54, 1.807) is 19.1 Å². The van der Waals surface area contributed by atoms with Gasteiger partial charge in [-0.1, -0.05) is 29.8 Å². The highest BCUT2D eigenvalue weighted by molar-refractivity contribution is 6.30. The predicted octanol–water partition coefficient (Wildman–Crippen LogP) is 3.46. The lowest BCUT2D eigenvalue weighted by Crippen LogP contribution is -2.37. The largest absolute Gasteiger partial charge is 0.482 e. The second kappa shape index (κ2) is 9.92. The van der Waals surface area contributed by atoms with Gasteiger partial charge >= 0.3 is 5.97 Å². The Bertz CT molecular complexity index is 811. The molecule has 0 saturated carbocycles. The van der Waals surface area contributed by atoms with E-state index in [1.165, 1.54) is 11.1 Å². The van der Waals surface area contributed by atoms with Crippen LogP contribution in [0.25, 0.3) is 0 Å². The highest BCUT2D eigenvalue weighted by Gasteiger charge is 2.20. The number of hydrogen-bond acceptors (Lipinski definition) is 5. The first-order valence-corrected chi connectivity index (χ1v) is 10.00. The molecule has 2 atom stereocenters. The molecule has 3 rings (SSSR count). The molecule has 2 aromatic carbocycles. The summed E-state index contributed by atoms with van der Waals surface area (Å²) in [5, 5.41) is 14.5. The molecule has 2 aromatic rings. The van der Waals surface area contributed by atoms with Gasteiger partial charge < -0.3 is 19.9 Å². The molecule has 0 spiro atoms. The van der Waals surface area contributed by atoms with Crippen molar-refractivity contribution in [3.63, 3.8) is 0 Å². The van der Waals surface area contributed by atoms with Crippen molar-refractivity contribution in [2.75, 3.05) is 19.8 Å². The summed E-state index contributed by atoms with van der Waals surface area (Å²) in [6.45, 7) is 2.51. The molecule has 1 aliphatic carbocycles. The minimum atomic E-state index is -0.598. The summed E-state index contributed by atoms with van der Waals surface area (Å²) in [6.07, 6.45) is 2.24. The Kier molecular flexibility index (Phi) is 7.31. The molecule has 1 aliphatic rings. The summed E-state index contributed by atoms with van der Waals surface area (Å²) < 4.78 is 10.4. The molecule has 0 bridgehead atoms. The zero-order chi connectivity index (χ0) is 19.9. The molecular formula is C22H26ClNO4. The van der Waals surface area contributed by atoms with Crippen molar-refractivity contribution in [2.45, 2.75) is 38.3 Å². The molecule has 150 valence electrons. The number of esters is 1. The first-order valence-electron chi connectivity index (χ1n) is 9.62. The number of aliphatic hydroxyl groups is 1. The molecule has 0 heterocycles. The van der Waals surface area contributed by atoms with Gasteiger partial charge in [-0.25, -0.2) is 4.79 Å². The van der Waals surface area contributed by atoms with Crippen LogP contribution >= 0.6 is 11.6 Å². The van der Waals surface area contributed by atoms with Crippen LogP contribution in [-0.2, 0) is 22.4 Å². The maximum Gasteiger partial charge on any atom is 0.344 e. The molecular weight excluding hydrogens is 378 g/mol. The number of hydrogen-bond donors (Lipinski definition) is 2. The minimum Gasteiger partial charge on any atom is -0.482 e. The molecule has 2 unspecified atom stereocenters. The van der Waals surface area contributed by atoms with E-state index in [0.717, 1.165) is 24.8 Å². The molecule has 0 aromatic heterocycles. The zero-order valence-corrected chi connectivity index (χ0v) is 16.7. The number of benzene rings is 2. The molecule has 0 fully saturated rings. The average molecular weight is 404 g/mol. The Morgan fingerprint density at radius 1 is 1.29 bits per heavy atom. The van der Waals surface area contributed by atoms with Crippen molar-refractivity contribution in [1.82, 2.24) is 5.32 Å². The number of aryl methyl sites for hydroxylation is 1. The van der Waals surface area contributed by atoms with Gasteiger partial charge in [-0.15, -0.1) is 0 Å². The molecule has 0 aliphatic heterocycles. The second-order valence-corrected chi connectivity index (χ2v) is 7.38. The average Bonchev–Trinajstić information content (AvgIpc) is 2.70. The number of halogens is 1. The fourth-order valence-electron chi connectivity index (χ4n) is 3.45. The zero-order valence-electron chi connectivity index (χ0n) is 16.0. The molecule has 5 nitrogen and oxygen atoms in total. The van der Waals surface area contributed by atoms with Gasteiger partial charge in [0.1, 0.15) is 5.75 Å². The lowest BCUT2D eigenvalue weighted by molar-refractivity contribution is -0.145. The van der Waals surface area contributed by atoms with E-state index in [0.29, 0.717) is 23.9 Å². The predicted molar refractivity (Wildman–Crippen MR) is 109 cm³/mol. The smallest absolute Gasteiger partial charge is 0.344 e. The molecule has 2 N–H and O–H groups in total. The SMILES string of the molecule is CCOC(=O)COc1ccc2c(c1)CC(NCC(O)c1cccc(Cl)c1)CC2. The molecule has 6 heteroatoms. The Morgan fingerprint density at radius 3 is 2.93 bits per heavy atom. The highest BCUT2D eigenvalue weighted by atomic mass is 35.5. The molecule has 0 radical (unpaired) electrons. The Balaban J connectivity index is 1.54. The van der Waals surface area contributed by atoms with Crippen LogP contribution in [0.15, 0.2) is 42.5 Å². The van der Waals surface area contributed by atoms with Crippen molar-refractivity contribution < 1.29 is 19.4 Å². The topological polar surface area (TPSA) is 67.8 Å². The van der Waals surface area contributed by atoms with E-state index in [2.05, 4.69) is 11.4 Å². The number of rotatable bonds is 8. The highest BCUT2D eigenvalue weighted by Crippen LogP contribution is 2.26. The van der Waals surface area contributed by atoms with Crippen molar-refractivity contribution in [3.8, 4) is 5.75 Å². The standard InChI is InChI=1S/C22H26ClNO4/c1-2-27-22(26)14-28-20-9-7-15-6-8-19(11-17(15)12-20)24-13-21(25)16-4-3-5-18(23)10-16/h3-5,7,9-10,12,19,21,24-25H,2,6,8,11,13-14H2,1H3. The van der Waals surface area contributed by atoms with Crippen LogP contribution in [0, 0.1) is 0 Å². The number of ether oxygens (including phenoxy) is 2. The van der Waals surface area contributed by atoms with Gasteiger partial charge in [0, 0.05) is 17.6 Å². The van der Waals surface area contributed by atoms with E-state index >= 15 is 0 Å². The van der Waals surface area contributed by atoms with Gasteiger partial charge in [0.15, 0.2) is 6.61 Å². The molecule has 0 amide bonds. The van der Waals surface area contributed by atoms with Gasteiger partial charge in [-0.05, 0) is 67.1 Å². The van der Waals surface area contributed by atoms with Gasteiger partial charge in [-0.2, -0.15) is 0 Å². The van der Waals surface area contributed by atoms with E-state index in [4.69, 9.17) is 21.1 Å². The number of carbonyl (C=O) groups excluding carboxylic acids is 1. The van der Waals surface area contributed by atoms with Gasteiger partial charge in [0.25, 0.3) is 0 Å². The van der Waals surface area contributed by atoms with Crippen LogP contribution in [0.4, 0.5) is 0 Å². The van der Waals surface area contributed by atoms with Gasteiger partial charge in [0.05, 0.1) is 12.7 Å². The fraction of sp³-hybridized carbons (Fsp3) is 0.409. The van der Waals surface area contributed by atoms with Crippen LogP contribution in [-0.4, -0.2) is 36.9 Å². The third kappa shape index (κ3) is 5.71. The van der Waals surface area contributed by atoms with E-state index < -0.39 is 6.10 Å². The van der Waals surface area contributed by atoms with Crippen LogP contribution < -0.4 is 10.1 Å². The van der Waals surface area contributed by atoms with Gasteiger partial charge in [-0.3, -0.25) is 0 Å². The van der Waals surface area contributed by atoms with Crippen molar-refractivity contribution in [3.05, 3.63) is 64.2 Å². The van der Waals surface area contributed by atoms with Crippen LogP contribution in [0.2, 0.25) is 5.02 Å². The molecule has 28 heavy (non-hydrogen) atoms. The fourth-order valence-corrected chi connectivity index (χ4v) is 3.65. The van der Waals surface area contributed by atoms with Gasteiger partial charge in [0.2, 0.25) is 0 Å². The maximum absolute atomic E-state index is 11.5. The van der Waals surface area contributed by atoms with Crippen LogP contribution in [0.1, 0.15) is 36.1 Å². The minimum absolute atomic E-state index is 0.0832. The van der Waals surface area contributed by atoms with Crippen LogP contribution in [0.5, 0.6) is 5.75 Å². The Labute approximate surface area is 170 Å². The van der Waals surface area contributed by atoms with Crippen LogP contribution in [0.3, 0.4) is 0 Å². The van der Waals surface area contributed by atoms with E-state index in [-0.39, 0.29) is 18.6 Å². The molecule has 0 saturated heterocycles. The lowest BCUT2D eigenvalue weighted by Gasteiger charge is -2.27. The summed E-state index contributed by atoms with van der Waals surface area (Å²) in [4.78, 5) is 11.5. The Morgan fingerprint density at radius 2 is 2.14 bits per heavy atom. The van der Waals surface area contributed by atoms with E-state index in [1.807, 2.05) is 24.3 Å². The summed E-state index contributed by atoms with van der Waals surface area (Å²) >= 11 is 6.00. The van der Waals surface area contributed by atoms with E-state index in [9.17, 15) is 9.90 Å². The van der Waals surface area contributed by atoms with Crippen molar-refractivity contribution in [1.29, 1.82) is 0 Å². The monoisotopic (exact) mass is 403 g/mol.